The Morgan fingerprint density at radius 3 is 2.54 bits per heavy atom. The summed E-state index contributed by atoms with van der Waals surface area (Å²) >= 11 is 0. The highest BCUT2D eigenvalue weighted by atomic mass is 16.5. The van der Waals surface area contributed by atoms with Crippen LogP contribution in [0.15, 0.2) is 24.3 Å². The highest BCUT2D eigenvalue weighted by molar-refractivity contribution is 5.76. The number of hydrogen-bond acceptors (Lipinski definition) is 4. The Hall–Kier alpha value is -1.59. The van der Waals surface area contributed by atoms with Crippen molar-refractivity contribution in [3.63, 3.8) is 0 Å². The lowest BCUT2D eigenvalue weighted by atomic mass is 9.92. The van der Waals surface area contributed by atoms with Crippen LogP contribution in [-0.2, 0) is 16.0 Å². The second-order valence-corrected chi connectivity index (χ2v) is 6.52. The van der Waals surface area contributed by atoms with Gasteiger partial charge in [0, 0.05) is 25.6 Å². The second-order valence-electron chi connectivity index (χ2n) is 6.52. The molecule has 0 bridgehead atoms. The van der Waals surface area contributed by atoms with Crippen molar-refractivity contribution in [1.82, 2.24) is 5.32 Å². The second kappa shape index (κ2) is 10.3. The van der Waals surface area contributed by atoms with Crippen LogP contribution in [0.5, 0.6) is 5.75 Å². The van der Waals surface area contributed by atoms with Crippen molar-refractivity contribution in [1.29, 1.82) is 0 Å². The fourth-order valence-electron chi connectivity index (χ4n) is 2.96. The first-order valence-electron chi connectivity index (χ1n) is 8.93. The quantitative estimate of drug-likeness (QED) is 0.680. The summed E-state index contributed by atoms with van der Waals surface area (Å²) in [6, 6.07) is 8.65. The number of rotatable bonds is 9. The van der Waals surface area contributed by atoms with E-state index in [0.29, 0.717) is 25.1 Å². The molecule has 1 amide bonds. The molecule has 0 aromatic heterocycles. The molecule has 0 heterocycles. The van der Waals surface area contributed by atoms with E-state index in [-0.39, 0.29) is 5.91 Å². The van der Waals surface area contributed by atoms with Crippen LogP contribution in [-0.4, -0.2) is 38.3 Å². The summed E-state index contributed by atoms with van der Waals surface area (Å²) in [7, 11) is 1.71. The number of amides is 1. The molecule has 5 heteroatoms. The van der Waals surface area contributed by atoms with Crippen molar-refractivity contribution >= 4 is 5.91 Å². The summed E-state index contributed by atoms with van der Waals surface area (Å²) in [5, 5.41) is 3.10. The molecule has 0 radical (unpaired) electrons. The topological polar surface area (TPSA) is 73.6 Å². The molecule has 134 valence electrons. The largest absolute Gasteiger partial charge is 0.494 e. The molecule has 3 N–H and O–H groups in total. The van der Waals surface area contributed by atoms with Crippen molar-refractivity contribution < 1.29 is 14.3 Å². The highest BCUT2D eigenvalue weighted by Crippen LogP contribution is 2.17. The third-order valence-electron chi connectivity index (χ3n) is 4.47. The maximum Gasteiger partial charge on any atom is 0.220 e. The summed E-state index contributed by atoms with van der Waals surface area (Å²) in [4.78, 5) is 11.9. The Morgan fingerprint density at radius 1 is 1.17 bits per heavy atom. The van der Waals surface area contributed by atoms with Crippen LogP contribution < -0.4 is 15.8 Å². The molecule has 1 aromatic rings. The van der Waals surface area contributed by atoms with Gasteiger partial charge >= 0.3 is 0 Å². The Kier molecular flexibility index (Phi) is 8.05. The number of nitrogens with two attached hydrogens (primary N) is 1. The lowest BCUT2D eigenvalue weighted by Crippen LogP contribution is -2.40. The highest BCUT2D eigenvalue weighted by Gasteiger charge is 2.19. The molecule has 0 spiro atoms. The van der Waals surface area contributed by atoms with Crippen molar-refractivity contribution in [2.45, 2.75) is 57.0 Å². The maximum absolute atomic E-state index is 11.9. The molecule has 0 unspecified atom stereocenters. The van der Waals surface area contributed by atoms with Gasteiger partial charge in [0.15, 0.2) is 0 Å². The van der Waals surface area contributed by atoms with Gasteiger partial charge in [-0.2, -0.15) is 0 Å². The molecular weight excluding hydrogens is 304 g/mol. The van der Waals surface area contributed by atoms with E-state index >= 15 is 0 Å². The molecule has 0 saturated heterocycles. The van der Waals surface area contributed by atoms with Gasteiger partial charge < -0.3 is 20.5 Å². The zero-order valence-electron chi connectivity index (χ0n) is 14.6. The first-order chi connectivity index (χ1) is 11.7. The molecule has 1 saturated carbocycles. The smallest absolute Gasteiger partial charge is 0.220 e. The van der Waals surface area contributed by atoms with E-state index in [1.54, 1.807) is 7.11 Å². The summed E-state index contributed by atoms with van der Waals surface area (Å²) in [6.45, 7) is 1.28. The number of ether oxygens (including phenoxy) is 2. The molecule has 5 nitrogen and oxygen atoms in total. The Bertz CT molecular complexity index is 482. The summed E-state index contributed by atoms with van der Waals surface area (Å²) in [6.07, 6.45) is 6.15. The van der Waals surface area contributed by atoms with Gasteiger partial charge in [-0.1, -0.05) is 12.1 Å². The van der Waals surface area contributed by atoms with E-state index in [2.05, 4.69) is 17.4 Å². The third-order valence-corrected chi connectivity index (χ3v) is 4.47. The standard InChI is InChI=1S/C19H30N2O3/c1-23-14-12-15-4-10-18(11-5-15)24-13-2-3-19(22)21-17-8-6-16(20)7-9-17/h4-5,10-11,16-17H,2-3,6-9,12-14,20H2,1H3,(H,21,22). The average Bonchev–Trinajstić information content (AvgIpc) is 2.60. The molecule has 1 aromatic carbocycles. The van der Waals surface area contributed by atoms with Gasteiger partial charge in [-0.3, -0.25) is 4.79 Å². The molecule has 1 aliphatic carbocycles. The van der Waals surface area contributed by atoms with E-state index in [4.69, 9.17) is 15.2 Å². The van der Waals surface area contributed by atoms with E-state index in [0.717, 1.165) is 50.9 Å². The summed E-state index contributed by atoms with van der Waals surface area (Å²) < 4.78 is 10.8. The SMILES string of the molecule is COCCc1ccc(OCCCC(=O)NC2CCC(N)CC2)cc1. The van der Waals surface area contributed by atoms with E-state index in [9.17, 15) is 4.79 Å². The fraction of sp³-hybridized carbons (Fsp3) is 0.632. The molecule has 1 aliphatic rings. The predicted molar refractivity (Wildman–Crippen MR) is 95.1 cm³/mol. The van der Waals surface area contributed by atoms with Crippen molar-refractivity contribution in [2.24, 2.45) is 5.73 Å². The van der Waals surface area contributed by atoms with Crippen molar-refractivity contribution in [3.05, 3.63) is 29.8 Å². The number of carbonyl (C=O) groups is 1. The Morgan fingerprint density at radius 2 is 1.88 bits per heavy atom. The van der Waals surface area contributed by atoms with E-state index in [1.165, 1.54) is 5.56 Å². The van der Waals surface area contributed by atoms with Crippen molar-refractivity contribution in [2.75, 3.05) is 20.3 Å². The summed E-state index contributed by atoms with van der Waals surface area (Å²) in [5.41, 5.74) is 7.11. The first kappa shape index (κ1) is 18.7. The minimum atomic E-state index is 0.119. The van der Waals surface area contributed by atoms with Gasteiger partial charge in [-0.05, 0) is 56.2 Å². The predicted octanol–water partition coefficient (Wildman–Crippen LogP) is 2.42. The van der Waals surface area contributed by atoms with Crippen molar-refractivity contribution in [3.8, 4) is 5.75 Å². The third kappa shape index (κ3) is 6.89. The van der Waals surface area contributed by atoms with Gasteiger partial charge in [0.25, 0.3) is 0 Å². The zero-order valence-corrected chi connectivity index (χ0v) is 14.6. The average molecular weight is 334 g/mol. The van der Waals surface area contributed by atoms with Crippen LogP contribution in [0.3, 0.4) is 0 Å². The normalized spacial score (nSPS) is 20.6. The van der Waals surface area contributed by atoms with Gasteiger partial charge in [0.2, 0.25) is 5.91 Å². The molecule has 0 aliphatic heterocycles. The van der Waals surface area contributed by atoms with Crippen LogP contribution in [0.2, 0.25) is 0 Å². The molecule has 0 atom stereocenters. The number of nitrogens with one attached hydrogen (secondary N) is 1. The van der Waals surface area contributed by atoms with Gasteiger partial charge in [-0.15, -0.1) is 0 Å². The molecule has 1 fully saturated rings. The van der Waals surface area contributed by atoms with Gasteiger partial charge in [0.1, 0.15) is 5.75 Å². The van der Waals surface area contributed by atoms with E-state index in [1.807, 2.05) is 12.1 Å². The maximum atomic E-state index is 11.9. The summed E-state index contributed by atoms with van der Waals surface area (Å²) in [5.74, 6) is 0.965. The first-order valence-corrected chi connectivity index (χ1v) is 8.93. The minimum absolute atomic E-state index is 0.119. The molecular formula is C19H30N2O3. The lowest BCUT2D eigenvalue weighted by molar-refractivity contribution is -0.122. The molecule has 2 rings (SSSR count). The van der Waals surface area contributed by atoms with E-state index < -0.39 is 0 Å². The van der Waals surface area contributed by atoms with Crippen LogP contribution in [0, 0.1) is 0 Å². The Labute approximate surface area is 144 Å². The lowest BCUT2D eigenvalue weighted by Gasteiger charge is -2.26. The number of carbonyl (C=O) groups excluding carboxylic acids is 1. The van der Waals surface area contributed by atoms with Crippen LogP contribution >= 0.6 is 0 Å². The van der Waals surface area contributed by atoms with Crippen LogP contribution in [0.25, 0.3) is 0 Å². The van der Waals surface area contributed by atoms with Gasteiger partial charge in [-0.25, -0.2) is 0 Å². The number of methoxy groups -OCH3 is 1. The number of hydrogen-bond donors (Lipinski definition) is 2. The molecule has 24 heavy (non-hydrogen) atoms. The monoisotopic (exact) mass is 334 g/mol. The Balaban J connectivity index is 1.57. The number of benzene rings is 1. The zero-order chi connectivity index (χ0) is 17.2. The van der Waals surface area contributed by atoms with Gasteiger partial charge in [0.05, 0.1) is 13.2 Å². The van der Waals surface area contributed by atoms with Crippen LogP contribution in [0.4, 0.5) is 0 Å². The van der Waals surface area contributed by atoms with Crippen LogP contribution in [0.1, 0.15) is 44.1 Å². The minimum Gasteiger partial charge on any atom is -0.494 e. The fourth-order valence-corrected chi connectivity index (χ4v) is 2.96.